The topological polar surface area (TPSA) is 74.8 Å². The molecular formula is C24H16Cl2N2O4. The van der Waals surface area contributed by atoms with Crippen molar-refractivity contribution in [1.82, 2.24) is 0 Å². The van der Waals surface area contributed by atoms with Gasteiger partial charge in [-0.15, -0.1) is 0 Å². The summed E-state index contributed by atoms with van der Waals surface area (Å²) in [5, 5.41) is 0.593. The van der Waals surface area contributed by atoms with Crippen LogP contribution in [0.15, 0.2) is 60.7 Å². The SMILES string of the molecule is O=C1[C@@H]2C3C=CC([C@H]2C(=O)N1c1ccccc1Cl)[C@@H]1C(=O)N(c2ccccc2Cl)C(=O)[C@H]31. The highest BCUT2D eigenvalue weighted by molar-refractivity contribution is 6.37. The van der Waals surface area contributed by atoms with Crippen LogP contribution in [0, 0.1) is 35.5 Å². The Kier molecular flexibility index (Phi) is 4.17. The first-order valence-corrected chi connectivity index (χ1v) is 11.1. The van der Waals surface area contributed by atoms with Crippen LogP contribution in [0.25, 0.3) is 0 Å². The Morgan fingerprint density at radius 1 is 0.531 bits per heavy atom. The fourth-order valence-corrected chi connectivity index (χ4v) is 6.41. The van der Waals surface area contributed by atoms with Crippen molar-refractivity contribution in [3.05, 3.63) is 70.7 Å². The number of hydrogen-bond acceptors (Lipinski definition) is 4. The zero-order valence-corrected chi connectivity index (χ0v) is 18.0. The van der Waals surface area contributed by atoms with Gasteiger partial charge in [0.25, 0.3) is 0 Å². The van der Waals surface area contributed by atoms with Crippen LogP contribution < -0.4 is 9.80 Å². The molecule has 7 rings (SSSR count). The molecule has 0 N–H and O–H groups in total. The van der Waals surface area contributed by atoms with Crippen molar-refractivity contribution >= 4 is 58.2 Å². The molecule has 6 atom stereocenters. The lowest BCUT2D eigenvalue weighted by Crippen LogP contribution is -2.50. The Morgan fingerprint density at radius 2 is 0.844 bits per heavy atom. The van der Waals surface area contributed by atoms with Crippen molar-refractivity contribution in [2.45, 2.75) is 0 Å². The van der Waals surface area contributed by atoms with E-state index < -0.39 is 35.5 Å². The van der Waals surface area contributed by atoms with E-state index >= 15 is 0 Å². The predicted octanol–water partition coefficient (Wildman–Crippen LogP) is 3.72. The maximum absolute atomic E-state index is 13.5. The minimum absolute atomic E-state index is 0.297. The van der Waals surface area contributed by atoms with Gasteiger partial charge in [0.2, 0.25) is 23.6 Å². The van der Waals surface area contributed by atoms with Crippen LogP contribution in [0.5, 0.6) is 0 Å². The summed E-state index contributed by atoms with van der Waals surface area (Å²) in [4.78, 5) is 56.1. The fourth-order valence-electron chi connectivity index (χ4n) is 5.97. The summed E-state index contributed by atoms with van der Waals surface area (Å²) in [5.74, 6) is -5.35. The van der Waals surface area contributed by atoms with E-state index in [0.717, 1.165) is 9.80 Å². The number of amides is 4. The minimum atomic E-state index is -0.696. The highest BCUT2D eigenvalue weighted by atomic mass is 35.5. The smallest absolute Gasteiger partial charge is 0.238 e. The molecule has 2 aliphatic heterocycles. The Balaban J connectivity index is 1.43. The summed E-state index contributed by atoms with van der Waals surface area (Å²) in [6.07, 6.45) is 3.66. The molecule has 2 aromatic carbocycles. The normalized spacial score (nSPS) is 32.7. The number of carbonyl (C=O) groups excluding carboxylic acids is 4. The number of para-hydroxylation sites is 2. The average molecular weight is 467 g/mol. The van der Waals surface area contributed by atoms with Crippen molar-refractivity contribution in [1.29, 1.82) is 0 Å². The molecule has 2 bridgehead atoms. The lowest BCUT2D eigenvalue weighted by Gasteiger charge is -2.44. The van der Waals surface area contributed by atoms with Crippen LogP contribution in [0.4, 0.5) is 11.4 Å². The molecule has 32 heavy (non-hydrogen) atoms. The molecule has 4 amide bonds. The van der Waals surface area contributed by atoms with Crippen LogP contribution in [0.3, 0.4) is 0 Å². The zero-order valence-electron chi connectivity index (χ0n) is 16.5. The van der Waals surface area contributed by atoms with E-state index in [0.29, 0.717) is 21.4 Å². The van der Waals surface area contributed by atoms with Gasteiger partial charge in [-0.3, -0.25) is 19.2 Å². The van der Waals surface area contributed by atoms with Gasteiger partial charge in [-0.2, -0.15) is 0 Å². The van der Waals surface area contributed by atoms with Crippen LogP contribution in [0.2, 0.25) is 10.0 Å². The number of carbonyl (C=O) groups is 4. The second-order valence-corrected chi connectivity index (χ2v) is 9.38. The summed E-state index contributed by atoms with van der Waals surface area (Å²) in [6.45, 7) is 0. The summed E-state index contributed by atoms with van der Waals surface area (Å²) in [7, 11) is 0. The highest BCUT2D eigenvalue weighted by Crippen LogP contribution is 2.59. The van der Waals surface area contributed by atoms with Crippen molar-refractivity contribution < 1.29 is 19.2 Å². The standard InChI is InChI=1S/C24H16Cl2N2O4/c25-13-5-1-3-7-15(13)27-21(29)17-11-9-10-12(18(17)22(27)30)20-19(11)23(31)28(24(20)32)16-8-4-2-6-14(16)26/h1-12,17-20H/t11?,12?,17-,18-,19-,20+/m1/s1. The predicted molar refractivity (Wildman–Crippen MR) is 118 cm³/mol. The van der Waals surface area contributed by atoms with E-state index in [2.05, 4.69) is 0 Å². The Bertz CT molecular complexity index is 1120. The average Bonchev–Trinajstić information content (AvgIpc) is 3.22. The summed E-state index contributed by atoms with van der Waals surface area (Å²) < 4.78 is 0. The molecule has 5 aliphatic rings. The first-order chi connectivity index (χ1) is 15.4. The summed E-state index contributed by atoms with van der Waals surface area (Å²) in [6, 6.07) is 13.4. The minimum Gasteiger partial charge on any atom is -0.274 e. The van der Waals surface area contributed by atoms with Crippen LogP contribution in [0.1, 0.15) is 0 Å². The van der Waals surface area contributed by atoms with Gasteiger partial charge < -0.3 is 0 Å². The summed E-state index contributed by atoms with van der Waals surface area (Å²) >= 11 is 12.6. The van der Waals surface area contributed by atoms with E-state index in [1.165, 1.54) is 0 Å². The number of allylic oxidation sites excluding steroid dienone is 2. The maximum atomic E-state index is 13.5. The summed E-state index contributed by atoms with van der Waals surface area (Å²) in [5.41, 5.74) is 0.664. The van der Waals surface area contributed by atoms with E-state index in [1.807, 2.05) is 12.2 Å². The molecule has 6 nitrogen and oxygen atoms in total. The van der Waals surface area contributed by atoms with E-state index in [1.54, 1.807) is 48.5 Å². The lowest BCUT2D eigenvalue weighted by atomic mass is 9.54. The number of halogens is 2. The molecule has 0 aromatic heterocycles. The van der Waals surface area contributed by atoms with Gasteiger partial charge in [0.1, 0.15) is 0 Å². The Labute approximate surface area is 193 Å². The van der Waals surface area contributed by atoms with Crippen molar-refractivity contribution in [3.63, 3.8) is 0 Å². The largest absolute Gasteiger partial charge is 0.274 e. The molecule has 160 valence electrons. The van der Waals surface area contributed by atoms with Crippen molar-refractivity contribution in [3.8, 4) is 0 Å². The monoisotopic (exact) mass is 466 g/mol. The van der Waals surface area contributed by atoms with E-state index in [-0.39, 0.29) is 23.6 Å². The quantitative estimate of drug-likeness (QED) is 0.499. The van der Waals surface area contributed by atoms with Crippen LogP contribution in [-0.2, 0) is 19.2 Å². The van der Waals surface area contributed by atoms with Crippen molar-refractivity contribution in [2.24, 2.45) is 35.5 Å². The number of imide groups is 2. The van der Waals surface area contributed by atoms with Crippen LogP contribution >= 0.6 is 23.2 Å². The molecule has 2 aromatic rings. The zero-order chi connectivity index (χ0) is 22.3. The van der Waals surface area contributed by atoms with Gasteiger partial charge >= 0.3 is 0 Å². The lowest BCUT2D eigenvalue weighted by molar-refractivity contribution is -0.137. The van der Waals surface area contributed by atoms with Gasteiger partial charge in [-0.25, -0.2) is 9.80 Å². The molecule has 2 heterocycles. The molecule has 3 fully saturated rings. The Morgan fingerprint density at radius 3 is 1.16 bits per heavy atom. The number of nitrogens with zero attached hydrogens (tertiary/aromatic N) is 2. The van der Waals surface area contributed by atoms with Gasteiger partial charge in [0.15, 0.2) is 0 Å². The van der Waals surface area contributed by atoms with Gasteiger partial charge in [-0.1, -0.05) is 59.6 Å². The molecule has 0 radical (unpaired) electrons. The second-order valence-electron chi connectivity index (χ2n) is 8.57. The molecule has 1 saturated carbocycles. The van der Waals surface area contributed by atoms with Crippen LogP contribution in [-0.4, -0.2) is 23.6 Å². The number of anilines is 2. The van der Waals surface area contributed by atoms with Gasteiger partial charge in [0, 0.05) is 11.8 Å². The molecule has 2 saturated heterocycles. The first kappa shape index (κ1) is 19.7. The van der Waals surface area contributed by atoms with E-state index in [4.69, 9.17) is 23.2 Å². The molecule has 2 unspecified atom stereocenters. The third-order valence-corrected chi connectivity index (χ3v) is 7.84. The molecule has 3 aliphatic carbocycles. The maximum Gasteiger partial charge on any atom is 0.238 e. The third-order valence-electron chi connectivity index (χ3n) is 7.20. The fraction of sp³-hybridized carbons (Fsp3) is 0.250. The molecule has 8 heteroatoms. The van der Waals surface area contributed by atoms with E-state index in [9.17, 15) is 19.2 Å². The van der Waals surface area contributed by atoms with Crippen molar-refractivity contribution in [2.75, 3.05) is 9.80 Å². The van der Waals surface area contributed by atoms with Gasteiger partial charge in [0.05, 0.1) is 45.1 Å². The first-order valence-electron chi connectivity index (χ1n) is 10.3. The number of rotatable bonds is 2. The van der Waals surface area contributed by atoms with Gasteiger partial charge in [-0.05, 0) is 24.3 Å². The second kappa shape index (κ2) is 6.77. The number of hydrogen-bond donors (Lipinski definition) is 0. The highest BCUT2D eigenvalue weighted by Gasteiger charge is 2.69. The third kappa shape index (κ3) is 2.37. The molecule has 0 spiro atoms. The number of benzene rings is 2. The molecular weight excluding hydrogens is 451 g/mol. The Hall–Kier alpha value is -2.96.